The standard InChI is InChI=1S/C23H27N3O2/c1-17-11-12-20(15-18(17)2)23(19-9-5-3-6-10-19)21(27)26(22(28)24-23)16-25-13-7-4-8-14-25/h3,5-6,9-12,15H,4,7-8,13-14,16H2,1-2H3,(H,24,28)/p+1/t23-/m0/s1. The molecule has 2 saturated heterocycles. The maximum Gasteiger partial charge on any atom is 0.330 e. The number of amides is 3. The lowest BCUT2D eigenvalue weighted by Gasteiger charge is -2.30. The van der Waals surface area contributed by atoms with E-state index in [9.17, 15) is 9.59 Å². The topological polar surface area (TPSA) is 53.9 Å². The number of carbonyl (C=O) groups is 2. The molecule has 2 N–H and O–H groups in total. The van der Waals surface area contributed by atoms with Crippen molar-refractivity contribution in [2.75, 3.05) is 19.8 Å². The van der Waals surface area contributed by atoms with Crippen LogP contribution in [0.4, 0.5) is 4.79 Å². The van der Waals surface area contributed by atoms with Crippen molar-refractivity contribution in [2.24, 2.45) is 0 Å². The van der Waals surface area contributed by atoms with Crippen molar-refractivity contribution in [2.45, 2.75) is 38.6 Å². The van der Waals surface area contributed by atoms with E-state index in [-0.39, 0.29) is 11.9 Å². The van der Waals surface area contributed by atoms with Crippen LogP contribution in [0.2, 0.25) is 0 Å². The first-order valence-corrected chi connectivity index (χ1v) is 10.1. The van der Waals surface area contributed by atoms with Crippen LogP contribution in [0.3, 0.4) is 0 Å². The van der Waals surface area contributed by atoms with Crippen LogP contribution in [-0.2, 0) is 10.3 Å². The van der Waals surface area contributed by atoms with Crippen LogP contribution in [-0.4, -0.2) is 36.6 Å². The quantitative estimate of drug-likeness (QED) is 0.801. The highest BCUT2D eigenvalue weighted by molar-refractivity contribution is 6.09. The zero-order valence-corrected chi connectivity index (χ0v) is 16.6. The number of aryl methyl sites for hydroxylation is 2. The maximum absolute atomic E-state index is 13.7. The van der Waals surface area contributed by atoms with Crippen molar-refractivity contribution in [1.29, 1.82) is 0 Å². The van der Waals surface area contributed by atoms with Crippen LogP contribution in [0.1, 0.15) is 41.5 Å². The number of rotatable bonds is 4. The van der Waals surface area contributed by atoms with Crippen molar-refractivity contribution < 1.29 is 14.5 Å². The van der Waals surface area contributed by atoms with Gasteiger partial charge in [0.1, 0.15) is 0 Å². The van der Waals surface area contributed by atoms with Crippen molar-refractivity contribution in [3.63, 3.8) is 0 Å². The lowest BCUT2D eigenvalue weighted by Crippen LogP contribution is -3.14. The molecule has 2 aromatic carbocycles. The zero-order valence-electron chi connectivity index (χ0n) is 16.6. The smallest absolute Gasteiger partial charge is 0.317 e. The summed E-state index contributed by atoms with van der Waals surface area (Å²) in [5, 5.41) is 3.06. The molecule has 146 valence electrons. The number of imide groups is 1. The second kappa shape index (κ2) is 7.40. The third-order valence-corrected chi connectivity index (χ3v) is 6.19. The molecular formula is C23H28N3O2+. The molecule has 1 atom stereocenters. The number of nitrogens with zero attached hydrogens (tertiary/aromatic N) is 1. The maximum atomic E-state index is 13.7. The average molecular weight is 378 g/mol. The second-order valence-corrected chi connectivity index (χ2v) is 8.05. The number of quaternary nitrogens is 1. The minimum Gasteiger partial charge on any atom is -0.317 e. The lowest BCUT2D eigenvalue weighted by molar-refractivity contribution is -0.912. The Morgan fingerprint density at radius 3 is 2.32 bits per heavy atom. The van der Waals surface area contributed by atoms with E-state index in [1.807, 2.05) is 55.5 Å². The SMILES string of the molecule is Cc1ccc([C@]2(c3ccccc3)NC(=O)N(C[NH+]3CCCCC3)C2=O)cc1C. The molecule has 0 saturated carbocycles. The van der Waals surface area contributed by atoms with E-state index >= 15 is 0 Å². The molecule has 0 unspecified atom stereocenters. The summed E-state index contributed by atoms with van der Waals surface area (Å²) < 4.78 is 0. The molecule has 2 aliphatic rings. The fraction of sp³-hybridized carbons (Fsp3) is 0.391. The van der Waals surface area contributed by atoms with Crippen LogP contribution in [0.25, 0.3) is 0 Å². The van der Waals surface area contributed by atoms with E-state index in [1.54, 1.807) is 0 Å². The summed E-state index contributed by atoms with van der Waals surface area (Å²) in [6, 6.07) is 15.3. The molecular weight excluding hydrogens is 350 g/mol. The summed E-state index contributed by atoms with van der Waals surface area (Å²) in [4.78, 5) is 29.4. The second-order valence-electron chi connectivity index (χ2n) is 8.05. The molecule has 0 bridgehead atoms. The number of likely N-dealkylation sites (tertiary alicyclic amines) is 1. The van der Waals surface area contributed by atoms with Gasteiger partial charge >= 0.3 is 6.03 Å². The predicted molar refractivity (Wildman–Crippen MR) is 108 cm³/mol. The number of benzene rings is 2. The highest BCUT2D eigenvalue weighted by Gasteiger charge is 2.54. The van der Waals surface area contributed by atoms with Gasteiger partial charge in [0.2, 0.25) is 0 Å². The van der Waals surface area contributed by atoms with Gasteiger partial charge in [0.15, 0.2) is 12.2 Å². The van der Waals surface area contributed by atoms with Gasteiger partial charge in [-0.3, -0.25) is 4.79 Å². The summed E-state index contributed by atoms with van der Waals surface area (Å²) in [5.41, 5.74) is 2.73. The van der Waals surface area contributed by atoms with Crippen molar-refractivity contribution >= 4 is 11.9 Å². The number of urea groups is 1. The van der Waals surface area contributed by atoms with Gasteiger partial charge in [0, 0.05) is 0 Å². The van der Waals surface area contributed by atoms with Crippen molar-refractivity contribution in [1.82, 2.24) is 10.2 Å². The number of hydrogen-bond acceptors (Lipinski definition) is 2. The molecule has 2 aliphatic heterocycles. The van der Waals surface area contributed by atoms with Crippen LogP contribution >= 0.6 is 0 Å². The fourth-order valence-corrected chi connectivity index (χ4v) is 4.37. The Balaban J connectivity index is 1.77. The number of piperidine rings is 1. The van der Waals surface area contributed by atoms with Gasteiger partial charge in [0.25, 0.3) is 5.91 Å². The van der Waals surface area contributed by atoms with Gasteiger partial charge in [-0.05, 0) is 55.4 Å². The monoisotopic (exact) mass is 378 g/mol. The van der Waals surface area contributed by atoms with Gasteiger partial charge in [-0.1, -0.05) is 48.5 Å². The highest BCUT2D eigenvalue weighted by Crippen LogP contribution is 2.36. The molecule has 0 aliphatic carbocycles. The Morgan fingerprint density at radius 1 is 0.929 bits per heavy atom. The minimum atomic E-state index is -1.16. The summed E-state index contributed by atoms with van der Waals surface area (Å²) in [5.74, 6) is -0.176. The Bertz CT molecular complexity index is 890. The fourth-order valence-electron chi connectivity index (χ4n) is 4.37. The van der Waals surface area contributed by atoms with E-state index in [4.69, 9.17) is 0 Å². The molecule has 28 heavy (non-hydrogen) atoms. The average Bonchev–Trinajstić information content (AvgIpc) is 2.97. The van der Waals surface area contributed by atoms with E-state index in [1.165, 1.54) is 21.8 Å². The van der Waals surface area contributed by atoms with Crippen LogP contribution in [0, 0.1) is 13.8 Å². The lowest BCUT2D eigenvalue weighted by atomic mass is 9.81. The summed E-state index contributed by atoms with van der Waals surface area (Å²) in [6.07, 6.45) is 3.54. The Labute approximate surface area is 166 Å². The number of carbonyl (C=O) groups excluding carboxylic acids is 2. The van der Waals surface area contributed by atoms with Crippen molar-refractivity contribution in [3.8, 4) is 0 Å². The first-order chi connectivity index (χ1) is 13.5. The van der Waals surface area contributed by atoms with E-state index in [2.05, 4.69) is 12.2 Å². The van der Waals surface area contributed by atoms with Gasteiger partial charge < -0.3 is 10.2 Å². The van der Waals surface area contributed by atoms with Crippen LogP contribution in [0.5, 0.6) is 0 Å². The molecule has 5 nitrogen and oxygen atoms in total. The molecule has 5 heteroatoms. The molecule has 0 aromatic heterocycles. The molecule has 2 aromatic rings. The molecule has 3 amide bonds. The van der Waals surface area contributed by atoms with Gasteiger partial charge in [-0.25, -0.2) is 9.69 Å². The van der Waals surface area contributed by atoms with Crippen molar-refractivity contribution in [3.05, 3.63) is 70.8 Å². The highest BCUT2D eigenvalue weighted by atomic mass is 16.2. The third-order valence-electron chi connectivity index (χ3n) is 6.19. The first-order valence-electron chi connectivity index (χ1n) is 10.1. The van der Waals surface area contributed by atoms with Gasteiger partial charge in [-0.15, -0.1) is 0 Å². The summed E-state index contributed by atoms with van der Waals surface area (Å²) in [7, 11) is 0. The van der Waals surface area contributed by atoms with E-state index in [0.29, 0.717) is 6.67 Å². The first kappa shape index (κ1) is 18.7. The Kier molecular flexibility index (Phi) is 4.94. The molecule has 4 rings (SSSR count). The molecule has 2 fully saturated rings. The number of hydrogen-bond donors (Lipinski definition) is 2. The summed E-state index contributed by atoms with van der Waals surface area (Å²) in [6.45, 7) is 6.55. The van der Waals surface area contributed by atoms with Gasteiger partial charge in [0.05, 0.1) is 13.1 Å². The Morgan fingerprint density at radius 2 is 1.64 bits per heavy atom. The summed E-state index contributed by atoms with van der Waals surface area (Å²) >= 11 is 0. The number of nitrogens with one attached hydrogen (secondary N) is 2. The predicted octanol–water partition coefficient (Wildman–Crippen LogP) is 2.13. The molecule has 0 radical (unpaired) electrons. The van der Waals surface area contributed by atoms with Crippen LogP contribution < -0.4 is 10.2 Å². The third kappa shape index (κ3) is 3.10. The van der Waals surface area contributed by atoms with Crippen LogP contribution in [0.15, 0.2) is 48.5 Å². The molecule has 0 spiro atoms. The van der Waals surface area contributed by atoms with Gasteiger partial charge in [-0.2, -0.15) is 0 Å². The zero-order chi connectivity index (χ0) is 19.7. The normalized spacial score (nSPS) is 23.1. The molecule has 2 heterocycles. The Hall–Kier alpha value is -2.66. The van der Waals surface area contributed by atoms with E-state index < -0.39 is 5.54 Å². The van der Waals surface area contributed by atoms with E-state index in [0.717, 1.165) is 42.6 Å². The largest absolute Gasteiger partial charge is 0.330 e. The minimum absolute atomic E-state index is 0.176.